The van der Waals surface area contributed by atoms with Crippen molar-refractivity contribution in [1.82, 2.24) is 10.2 Å². The normalized spacial score (nSPS) is 18.4. The third-order valence-electron chi connectivity index (χ3n) is 3.85. The van der Waals surface area contributed by atoms with Crippen molar-refractivity contribution in [1.29, 1.82) is 0 Å². The first-order chi connectivity index (χ1) is 10.5. The van der Waals surface area contributed by atoms with Gasteiger partial charge in [-0.15, -0.1) is 0 Å². The van der Waals surface area contributed by atoms with Crippen LogP contribution >= 0.6 is 0 Å². The first-order valence-corrected chi connectivity index (χ1v) is 9.06. The van der Waals surface area contributed by atoms with Crippen LogP contribution in [0.3, 0.4) is 0 Å². The average Bonchev–Trinajstić information content (AvgIpc) is 2.48. The van der Waals surface area contributed by atoms with Crippen molar-refractivity contribution in [3.63, 3.8) is 0 Å². The highest BCUT2D eigenvalue weighted by atomic mass is 32.2. The van der Waals surface area contributed by atoms with Gasteiger partial charge in [0.2, 0.25) is 5.91 Å². The first-order valence-electron chi connectivity index (χ1n) is 7.58. The number of carbonyl (C=O) groups excluding carboxylic acids is 1. The third-order valence-corrected chi connectivity index (χ3v) is 5.13. The molecule has 1 aliphatic rings. The molecule has 1 fully saturated rings. The molecule has 6 heteroatoms. The molecule has 2 rings (SSSR count). The lowest BCUT2D eigenvalue weighted by Gasteiger charge is -2.28. The van der Waals surface area contributed by atoms with Gasteiger partial charge in [-0.3, -0.25) is 13.9 Å². The smallest absolute Gasteiger partial charge is 0.234 e. The lowest BCUT2D eigenvalue weighted by atomic mass is 9.96. The number of amides is 1. The van der Waals surface area contributed by atoms with Crippen molar-refractivity contribution >= 4 is 16.7 Å². The molecule has 1 saturated heterocycles. The van der Waals surface area contributed by atoms with E-state index in [-0.39, 0.29) is 23.7 Å². The molecule has 0 bridgehead atoms. The maximum absolute atomic E-state index is 13.0. The molecule has 0 aliphatic carbocycles. The van der Waals surface area contributed by atoms with E-state index in [1.807, 2.05) is 18.7 Å². The Morgan fingerprint density at radius 2 is 1.86 bits per heavy atom. The number of carbonyl (C=O) groups is 1. The Bertz CT molecular complexity index is 523. The summed E-state index contributed by atoms with van der Waals surface area (Å²) in [6, 6.07) is 6.12. The quantitative estimate of drug-likeness (QED) is 0.896. The number of rotatable bonds is 5. The number of hydrogen-bond donors (Lipinski definition) is 1. The second-order valence-corrected chi connectivity index (χ2v) is 7.66. The Kier molecular flexibility index (Phi) is 6.08. The second-order valence-electron chi connectivity index (χ2n) is 5.96. The Morgan fingerprint density at radius 3 is 2.41 bits per heavy atom. The fourth-order valence-electron chi connectivity index (χ4n) is 2.56. The van der Waals surface area contributed by atoms with E-state index >= 15 is 0 Å². The standard InChI is InChI=1S/C16H23FN2O2S/c1-12(2)16(13-3-5-14(17)6-4-13)18-15(20)11-19-7-9-22(21)10-8-19/h3-6,12,16H,7-11H2,1-2H3,(H,18,20). The second kappa shape index (κ2) is 7.83. The zero-order valence-electron chi connectivity index (χ0n) is 13.0. The molecular formula is C16H23FN2O2S. The summed E-state index contributed by atoms with van der Waals surface area (Å²) in [4.78, 5) is 14.3. The Balaban J connectivity index is 1.94. The molecule has 1 heterocycles. The van der Waals surface area contributed by atoms with Gasteiger partial charge in [0.15, 0.2) is 0 Å². The minimum absolute atomic E-state index is 0.0456. The number of nitrogens with zero attached hydrogens (tertiary/aromatic N) is 1. The summed E-state index contributed by atoms with van der Waals surface area (Å²) in [5.41, 5.74) is 0.907. The molecule has 1 aromatic rings. The maximum atomic E-state index is 13.0. The first kappa shape index (κ1) is 17.1. The van der Waals surface area contributed by atoms with Crippen LogP contribution in [0.5, 0.6) is 0 Å². The largest absolute Gasteiger partial charge is 0.348 e. The summed E-state index contributed by atoms with van der Waals surface area (Å²) in [5, 5.41) is 3.03. The molecule has 1 unspecified atom stereocenters. The zero-order valence-corrected chi connectivity index (χ0v) is 13.9. The summed E-state index contributed by atoms with van der Waals surface area (Å²) < 4.78 is 24.4. The van der Waals surface area contributed by atoms with Crippen LogP contribution in [-0.2, 0) is 15.6 Å². The van der Waals surface area contributed by atoms with Crippen molar-refractivity contribution < 1.29 is 13.4 Å². The molecule has 122 valence electrons. The van der Waals surface area contributed by atoms with E-state index in [9.17, 15) is 13.4 Å². The Morgan fingerprint density at radius 1 is 1.27 bits per heavy atom. The zero-order chi connectivity index (χ0) is 16.1. The highest BCUT2D eigenvalue weighted by Gasteiger charge is 2.21. The number of halogens is 1. The van der Waals surface area contributed by atoms with Crippen LogP contribution in [0.15, 0.2) is 24.3 Å². The van der Waals surface area contributed by atoms with E-state index in [4.69, 9.17) is 0 Å². The third kappa shape index (κ3) is 4.88. The summed E-state index contributed by atoms with van der Waals surface area (Å²) in [5.74, 6) is 1.16. The van der Waals surface area contributed by atoms with Gasteiger partial charge in [0.25, 0.3) is 0 Å². The van der Waals surface area contributed by atoms with E-state index < -0.39 is 10.8 Å². The lowest BCUT2D eigenvalue weighted by Crippen LogP contribution is -2.45. The molecule has 0 aromatic heterocycles. The molecule has 1 amide bonds. The van der Waals surface area contributed by atoms with Gasteiger partial charge in [-0.2, -0.15) is 0 Å². The van der Waals surface area contributed by atoms with E-state index in [2.05, 4.69) is 5.32 Å². The van der Waals surface area contributed by atoms with Gasteiger partial charge < -0.3 is 5.32 Å². The van der Waals surface area contributed by atoms with Crippen LogP contribution in [0, 0.1) is 11.7 Å². The molecule has 4 nitrogen and oxygen atoms in total. The van der Waals surface area contributed by atoms with Gasteiger partial charge in [0, 0.05) is 35.4 Å². The average molecular weight is 326 g/mol. The minimum Gasteiger partial charge on any atom is -0.348 e. The highest BCUT2D eigenvalue weighted by molar-refractivity contribution is 7.85. The van der Waals surface area contributed by atoms with Crippen LogP contribution in [0.4, 0.5) is 4.39 Å². The maximum Gasteiger partial charge on any atom is 0.234 e. The van der Waals surface area contributed by atoms with E-state index in [0.717, 1.165) is 5.56 Å². The van der Waals surface area contributed by atoms with Gasteiger partial charge in [0.05, 0.1) is 12.6 Å². The summed E-state index contributed by atoms with van der Waals surface area (Å²) in [6.45, 7) is 5.77. The van der Waals surface area contributed by atoms with Crippen LogP contribution in [-0.4, -0.2) is 46.2 Å². The lowest BCUT2D eigenvalue weighted by molar-refractivity contribution is -0.123. The molecule has 1 aliphatic heterocycles. The van der Waals surface area contributed by atoms with E-state index in [1.54, 1.807) is 12.1 Å². The molecule has 1 N–H and O–H groups in total. The van der Waals surface area contributed by atoms with Crippen molar-refractivity contribution in [2.45, 2.75) is 19.9 Å². The van der Waals surface area contributed by atoms with Gasteiger partial charge >= 0.3 is 0 Å². The number of nitrogens with one attached hydrogen (secondary N) is 1. The topological polar surface area (TPSA) is 49.4 Å². The van der Waals surface area contributed by atoms with Crippen molar-refractivity contribution in [2.24, 2.45) is 5.92 Å². The SMILES string of the molecule is CC(C)C(NC(=O)CN1CCS(=O)CC1)c1ccc(F)cc1. The van der Waals surface area contributed by atoms with Gasteiger partial charge in [0.1, 0.15) is 5.82 Å². The van der Waals surface area contributed by atoms with Crippen molar-refractivity contribution in [3.8, 4) is 0 Å². The van der Waals surface area contributed by atoms with Crippen LogP contribution < -0.4 is 5.32 Å². The molecular weight excluding hydrogens is 303 g/mol. The van der Waals surface area contributed by atoms with Crippen molar-refractivity contribution in [2.75, 3.05) is 31.1 Å². The fraction of sp³-hybridized carbons (Fsp3) is 0.562. The summed E-state index contributed by atoms with van der Waals surface area (Å²) in [7, 11) is -0.735. The fourth-order valence-corrected chi connectivity index (χ4v) is 3.69. The van der Waals surface area contributed by atoms with Crippen LogP contribution in [0.1, 0.15) is 25.5 Å². The molecule has 1 aromatic carbocycles. The monoisotopic (exact) mass is 326 g/mol. The van der Waals surface area contributed by atoms with Crippen LogP contribution in [0.25, 0.3) is 0 Å². The van der Waals surface area contributed by atoms with E-state index in [0.29, 0.717) is 31.1 Å². The Labute approximate surface area is 133 Å². The highest BCUT2D eigenvalue weighted by Crippen LogP contribution is 2.21. The minimum atomic E-state index is -0.735. The predicted octanol–water partition coefficient (Wildman–Crippen LogP) is 1.70. The molecule has 22 heavy (non-hydrogen) atoms. The summed E-state index contributed by atoms with van der Waals surface area (Å²) in [6.07, 6.45) is 0. The number of benzene rings is 1. The summed E-state index contributed by atoms with van der Waals surface area (Å²) >= 11 is 0. The molecule has 0 radical (unpaired) electrons. The van der Waals surface area contributed by atoms with Gasteiger partial charge in [-0.1, -0.05) is 26.0 Å². The van der Waals surface area contributed by atoms with Crippen molar-refractivity contribution in [3.05, 3.63) is 35.6 Å². The van der Waals surface area contributed by atoms with Gasteiger partial charge in [-0.25, -0.2) is 4.39 Å². The number of hydrogen-bond acceptors (Lipinski definition) is 3. The van der Waals surface area contributed by atoms with E-state index in [1.165, 1.54) is 12.1 Å². The molecule has 1 atom stereocenters. The van der Waals surface area contributed by atoms with Crippen LogP contribution in [0.2, 0.25) is 0 Å². The molecule has 0 saturated carbocycles. The van der Waals surface area contributed by atoms with Gasteiger partial charge in [-0.05, 0) is 23.6 Å². The predicted molar refractivity (Wildman–Crippen MR) is 86.4 cm³/mol. The Hall–Kier alpha value is -1.27. The molecule has 0 spiro atoms.